The number of aryl methyl sites for hydroxylation is 1. The van der Waals surface area contributed by atoms with Crippen molar-refractivity contribution in [1.29, 1.82) is 0 Å². The maximum atomic E-state index is 12.2. The second-order valence-electron chi connectivity index (χ2n) is 5.83. The lowest BCUT2D eigenvalue weighted by Gasteiger charge is -2.17. The molecule has 25 heavy (non-hydrogen) atoms. The van der Waals surface area contributed by atoms with Crippen molar-refractivity contribution in [3.63, 3.8) is 0 Å². The van der Waals surface area contributed by atoms with Crippen molar-refractivity contribution in [2.75, 3.05) is 30.8 Å². The molecule has 132 valence electrons. The van der Waals surface area contributed by atoms with E-state index in [2.05, 4.69) is 10.6 Å². The Morgan fingerprint density at radius 2 is 1.56 bits per heavy atom. The van der Waals surface area contributed by atoms with Gasteiger partial charge in [-0.1, -0.05) is 25.1 Å². The van der Waals surface area contributed by atoms with E-state index in [0.29, 0.717) is 5.69 Å². The lowest BCUT2D eigenvalue weighted by molar-refractivity contribution is -0.119. The van der Waals surface area contributed by atoms with E-state index in [1.807, 2.05) is 31.2 Å². The number of carbonyl (C=O) groups is 2. The summed E-state index contributed by atoms with van der Waals surface area (Å²) in [6.45, 7) is 2.23. The summed E-state index contributed by atoms with van der Waals surface area (Å²) in [7, 11) is 1.71. The zero-order valence-electron chi connectivity index (χ0n) is 14.5. The number of hydrogen-bond donors (Lipinski definition) is 3. The number of phenolic OH excluding ortho intramolecular Hbond substituents is 1. The Balaban J connectivity index is 1.82. The minimum atomic E-state index is -0.227. The second-order valence-corrected chi connectivity index (χ2v) is 5.83. The summed E-state index contributed by atoms with van der Waals surface area (Å²) >= 11 is 0. The third-order valence-corrected chi connectivity index (χ3v) is 3.65. The maximum absolute atomic E-state index is 12.2. The molecule has 0 aliphatic heterocycles. The third kappa shape index (κ3) is 5.93. The summed E-state index contributed by atoms with van der Waals surface area (Å²) in [5, 5.41) is 14.8. The van der Waals surface area contributed by atoms with Crippen LogP contribution < -0.4 is 10.6 Å². The van der Waals surface area contributed by atoms with E-state index in [4.69, 9.17) is 0 Å². The fraction of sp³-hybridized carbons (Fsp3) is 0.263. The first-order valence-electron chi connectivity index (χ1n) is 8.13. The van der Waals surface area contributed by atoms with Crippen LogP contribution in [0.15, 0.2) is 48.5 Å². The maximum Gasteiger partial charge on any atom is 0.238 e. The largest absolute Gasteiger partial charge is 0.508 e. The topological polar surface area (TPSA) is 81.7 Å². The molecule has 0 atom stereocenters. The molecule has 0 aromatic heterocycles. The van der Waals surface area contributed by atoms with Crippen molar-refractivity contribution < 1.29 is 14.7 Å². The van der Waals surface area contributed by atoms with E-state index >= 15 is 0 Å². The molecule has 0 unspecified atom stereocenters. The molecule has 6 heteroatoms. The number of amides is 2. The number of nitrogens with zero attached hydrogens (tertiary/aromatic N) is 1. The highest BCUT2D eigenvalue weighted by Crippen LogP contribution is 2.15. The Morgan fingerprint density at radius 1 is 0.960 bits per heavy atom. The highest BCUT2D eigenvalue weighted by molar-refractivity contribution is 5.95. The zero-order valence-corrected chi connectivity index (χ0v) is 14.5. The molecule has 0 bridgehead atoms. The summed E-state index contributed by atoms with van der Waals surface area (Å²) in [6, 6.07) is 13.9. The van der Waals surface area contributed by atoms with E-state index in [0.717, 1.165) is 17.7 Å². The number of benzene rings is 2. The van der Waals surface area contributed by atoms with Gasteiger partial charge >= 0.3 is 0 Å². The van der Waals surface area contributed by atoms with Crippen molar-refractivity contribution >= 4 is 23.2 Å². The fourth-order valence-corrected chi connectivity index (χ4v) is 2.43. The smallest absolute Gasteiger partial charge is 0.238 e. The zero-order chi connectivity index (χ0) is 18.2. The van der Waals surface area contributed by atoms with Crippen LogP contribution in [-0.4, -0.2) is 42.0 Å². The number of rotatable bonds is 7. The van der Waals surface area contributed by atoms with Crippen molar-refractivity contribution in [2.24, 2.45) is 0 Å². The van der Waals surface area contributed by atoms with Crippen LogP contribution in [-0.2, 0) is 16.0 Å². The molecule has 0 saturated carbocycles. The minimum absolute atomic E-state index is 0.0870. The molecule has 2 aromatic carbocycles. The third-order valence-electron chi connectivity index (χ3n) is 3.65. The van der Waals surface area contributed by atoms with Crippen molar-refractivity contribution in [3.05, 3.63) is 54.1 Å². The van der Waals surface area contributed by atoms with Crippen LogP contribution in [0, 0.1) is 0 Å². The lowest BCUT2D eigenvalue weighted by Crippen LogP contribution is -2.36. The van der Waals surface area contributed by atoms with Gasteiger partial charge in [0.2, 0.25) is 11.8 Å². The van der Waals surface area contributed by atoms with E-state index in [1.54, 1.807) is 24.1 Å². The molecule has 0 fully saturated rings. The predicted molar refractivity (Wildman–Crippen MR) is 98.7 cm³/mol. The summed E-state index contributed by atoms with van der Waals surface area (Å²) in [5.74, 6) is -0.255. The number of carbonyl (C=O) groups excluding carboxylic acids is 2. The molecule has 0 radical (unpaired) electrons. The highest BCUT2D eigenvalue weighted by atomic mass is 16.3. The molecule has 2 aromatic rings. The molecule has 0 aliphatic carbocycles. The molecular weight excluding hydrogens is 318 g/mol. The molecule has 2 amide bonds. The normalized spacial score (nSPS) is 10.5. The molecule has 3 N–H and O–H groups in total. The Hall–Kier alpha value is -2.86. The Kier molecular flexibility index (Phi) is 6.54. The molecule has 2 rings (SSSR count). The van der Waals surface area contributed by atoms with Gasteiger partial charge in [-0.25, -0.2) is 0 Å². The predicted octanol–water partition coefficient (Wildman–Crippen LogP) is 2.46. The molecule has 6 nitrogen and oxygen atoms in total. The molecule has 0 spiro atoms. The minimum Gasteiger partial charge on any atom is -0.508 e. The van der Waals surface area contributed by atoms with Gasteiger partial charge in [0.25, 0.3) is 0 Å². The van der Waals surface area contributed by atoms with E-state index < -0.39 is 0 Å². The summed E-state index contributed by atoms with van der Waals surface area (Å²) in [6.07, 6.45) is 0.835. The van der Waals surface area contributed by atoms with Gasteiger partial charge in [0.15, 0.2) is 0 Å². The number of anilines is 2. The number of phenols is 1. The summed E-state index contributed by atoms with van der Waals surface area (Å²) < 4.78 is 0. The SMILES string of the molecule is CCc1ccccc1NC(=O)CN(C)CC(=O)Nc1ccc(O)cc1. The molecule has 0 saturated heterocycles. The fourth-order valence-electron chi connectivity index (χ4n) is 2.43. The van der Waals surface area contributed by atoms with E-state index in [9.17, 15) is 14.7 Å². The number of aromatic hydroxyl groups is 1. The van der Waals surface area contributed by atoms with Gasteiger partial charge in [0.05, 0.1) is 13.1 Å². The number of nitrogens with one attached hydrogen (secondary N) is 2. The van der Waals surface area contributed by atoms with Gasteiger partial charge in [-0.05, 0) is 49.4 Å². The van der Waals surface area contributed by atoms with Crippen LogP contribution in [0.2, 0.25) is 0 Å². The van der Waals surface area contributed by atoms with Crippen LogP contribution in [0.1, 0.15) is 12.5 Å². The van der Waals surface area contributed by atoms with Crippen molar-refractivity contribution in [1.82, 2.24) is 4.90 Å². The Labute approximate surface area is 147 Å². The lowest BCUT2D eigenvalue weighted by atomic mass is 10.1. The number of hydrogen-bond acceptors (Lipinski definition) is 4. The van der Waals surface area contributed by atoms with Gasteiger partial charge in [0, 0.05) is 11.4 Å². The first kappa shape index (κ1) is 18.5. The number of para-hydroxylation sites is 1. The second kappa shape index (κ2) is 8.84. The van der Waals surface area contributed by atoms with Crippen LogP contribution in [0.4, 0.5) is 11.4 Å². The molecule has 0 heterocycles. The molecule has 0 aliphatic rings. The monoisotopic (exact) mass is 341 g/mol. The van der Waals surface area contributed by atoms with E-state index in [1.165, 1.54) is 12.1 Å². The Morgan fingerprint density at radius 3 is 2.20 bits per heavy atom. The van der Waals surface area contributed by atoms with Gasteiger partial charge in [0.1, 0.15) is 5.75 Å². The van der Waals surface area contributed by atoms with Gasteiger partial charge in [-0.15, -0.1) is 0 Å². The molecular formula is C19H23N3O3. The van der Waals surface area contributed by atoms with Gasteiger partial charge < -0.3 is 15.7 Å². The van der Waals surface area contributed by atoms with Gasteiger partial charge in [-0.2, -0.15) is 0 Å². The van der Waals surface area contributed by atoms with Crippen LogP contribution in [0.3, 0.4) is 0 Å². The van der Waals surface area contributed by atoms with Crippen molar-refractivity contribution in [2.45, 2.75) is 13.3 Å². The van der Waals surface area contributed by atoms with E-state index in [-0.39, 0.29) is 30.7 Å². The number of likely N-dealkylation sites (N-methyl/N-ethyl adjacent to an activating group) is 1. The average Bonchev–Trinajstić information content (AvgIpc) is 2.57. The van der Waals surface area contributed by atoms with Crippen LogP contribution in [0.25, 0.3) is 0 Å². The van der Waals surface area contributed by atoms with Crippen LogP contribution >= 0.6 is 0 Å². The Bertz CT molecular complexity index is 729. The first-order chi connectivity index (χ1) is 12.0. The van der Waals surface area contributed by atoms with Crippen molar-refractivity contribution in [3.8, 4) is 5.75 Å². The quantitative estimate of drug-likeness (QED) is 0.676. The first-order valence-corrected chi connectivity index (χ1v) is 8.13. The summed E-state index contributed by atoms with van der Waals surface area (Å²) in [5.41, 5.74) is 2.47. The standard InChI is InChI=1S/C19H23N3O3/c1-3-14-6-4-5-7-17(14)21-19(25)13-22(2)12-18(24)20-15-8-10-16(23)11-9-15/h4-11,23H,3,12-13H2,1-2H3,(H,20,24)(H,21,25). The van der Waals surface area contributed by atoms with Gasteiger partial charge in [-0.3, -0.25) is 14.5 Å². The highest BCUT2D eigenvalue weighted by Gasteiger charge is 2.12. The average molecular weight is 341 g/mol. The van der Waals surface area contributed by atoms with Crippen LogP contribution in [0.5, 0.6) is 5.75 Å². The summed E-state index contributed by atoms with van der Waals surface area (Å²) in [4.78, 5) is 25.8.